The van der Waals surface area contributed by atoms with E-state index in [9.17, 15) is 19.5 Å². The highest BCUT2D eigenvalue weighted by atomic mass is 16.4. The third kappa shape index (κ3) is 7.17. The lowest BCUT2D eigenvalue weighted by Gasteiger charge is -2.21. The number of carbonyl (C=O) groups excluding carboxylic acids is 2. The number of unbranched alkanes of at least 4 members (excludes halogenated alkanes) is 1. The van der Waals surface area contributed by atoms with Gasteiger partial charge in [0.25, 0.3) is 0 Å². The van der Waals surface area contributed by atoms with Crippen LogP contribution in [0.1, 0.15) is 25.0 Å². The number of aromatic nitrogens is 2. The summed E-state index contributed by atoms with van der Waals surface area (Å²) in [4.78, 5) is 42.1. The smallest absolute Gasteiger partial charge is 0.326 e. The first-order valence-electron chi connectivity index (χ1n) is 8.26. The summed E-state index contributed by atoms with van der Waals surface area (Å²) >= 11 is 0. The van der Waals surface area contributed by atoms with E-state index < -0.39 is 42.5 Å². The van der Waals surface area contributed by atoms with E-state index in [1.165, 1.54) is 12.5 Å². The summed E-state index contributed by atoms with van der Waals surface area (Å²) in [6, 6.07) is -3.39. The Bertz CT molecular complexity index is 579. The SMILES string of the molecule is NCCCCC(NC(=O)C(CO)NC(=O)C(N)Cc1cnc[nH]1)C(=O)O. The van der Waals surface area contributed by atoms with Crippen LogP contribution in [0.25, 0.3) is 0 Å². The van der Waals surface area contributed by atoms with Gasteiger partial charge in [0.15, 0.2) is 0 Å². The van der Waals surface area contributed by atoms with Crippen molar-refractivity contribution in [2.45, 2.75) is 43.8 Å². The standard InChI is InChI=1S/C15H26N6O5/c16-4-2-1-3-11(15(25)26)20-14(24)12(7-22)21-13(23)10(17)5-9-6-18-8-19-9/h6,8,10-12,22H,1-5,7,16-17H2,(H,18,19)(H,20,24)(H,21,23)(H,25,26). The number of nitrogens with zero attached hydrogens (tertiary/aromatic N) is 1. The Kier molecular flexibility index (Phi) is 9.26. The number of aliphatic hydroxyl groups excluding tert-OH is 1. The lowest BCUT2D eigenvalue weighted by atomic mass is 10.1. The van der Waals surface area contributed by atoms with Gasteiger partial charge in [-0.3, -0.25) is 9.59 Å². The molecule has 3 atom stereocenters. The predicted molar refractivity (Wildman–Crippen MR) is 91.8 cm³/mol. The summed E-state index contributed by atoms with van der Waals surface area (Å²) in [5, 5.41) is 23.1. The van der Waals surface area contributed by atoms with Crippen molar-refractivity contribution in [1.29, 1.82) is 0 Å². The summed E-state index contributed by atoms with van der Waals surface area (Å²) < 4.78 is 0. The van der Waals surface area contributed by atoms with Crippen LogP contribution in [-0.2, 0) is 20.8 Å². The minimum atomic E-state index is -1.30. The molecule has 0 aliphatic carbocycles. The molecule has 3 unspecified atom stereocenters. The van der Waals surface area contributed by atoms with Gasteiger partial charge in [0.1, 0.15) is 12.1 Å². The van der Waals surface area contributed by atoms with E-state index in [0.717, 1.165) is 0 Å². The van der Waals surface area contributed by atoms with Crippen LogP contribution in [0.5, 0.6) is 0 Å². The molecule has 0 fully saturated rings. The second-order valence-corrected chi connectivity index (χ2v) is 5.82. The van der Waals surface area contributed by atoms with E-state index in [-0.39, 0.29) is 12.8 Å². The number of H-pyrrole nitrogens is 1. The molecule has 0 aromatic carbocycles. The van der Waals surface area contributed by atoms with Gasteiger partial charge in [0, 0.05) is 18.3 Å². The van der Waals surface area contributed by atoms with Crippen molar-refractivity contribution in [3.8, 4) is 0 Å². The topological polar surface area (TPSA) is 196 Å². The van der Waals surface area contributed by atoms with Gasteiger partial charge in [-0.25, -0.2) is 9.78 Å². The molecule has 11 nitrogen and oxygen atoms in total. The highest BCUT2D eigenvalue weighted by Gasteiger charge is 2.27. The van der Waals surface area contributed by atoms with Crippen molar-refractivity contribution < 1.29 is 24.6 Å². The maximum absolute atomic E-state index is 12.2. The van der Waals surface area contributed by atoms with E-state index in [1.807, 2.05) is 0 Å². The van der Waals surface area contributed by atoms with Crippen LogP contribution in [-0.4, -0.2) is 69.2 Å². The molecule has 26 heavy (non-hydrogen) atoms. The summed E-state index contributed by atoms with van der Waals surface area (Å²) in [5.74, 6) is -2.65. The quantitative estimate of drug-likeness (QED) is 0.195. The maximum atomic E-state index is 12.2. The van der Waals surface area contributed by atoms with Crippen molar-refractivity contribution in [3.05, 3.63) is 18.2 Å². The molecule has 9 N–H and O–H groups in total. The lowest BCUT2D eigenvalue weighted by molar-refractivity contribution is -0.142. The largest absolute Gasteiger partial charge is 0.480 e. The number of aromatic amines is 1. The average molecular weight is 370 g/mol. The number of nitrogens with one attached hydrogen (secondary N) is 3. The molecule has 146 valence electrons. The molecule has 1 aromatic rings. The molecular formula is C15H26N6O5. The number of hydrogen-bond donors (Lipinski definition) is 7. The molecule has 0 spiro atoms. The maximum Gasteiger partial charge on any atom is 0.326 e. The number of carboxylic acid groups (broad SMARTS) is 1. The zero-order chi connectivity index (χ0) is 19.5. The van der Waals surface area contributed by atoms with Gasteiger partial charge in [-0.05, 0) is 25.8 Å². The summed E-state index contributed by atoms with van der Waals surface area (Å²) in [5.41, 5.74) is 11.8. The fraction of sp³-hybridized carbons (Fsp3) is 0.600. The van der Waals surface area contributed by atoms with E-state index in [4.69, 9.17) is 16.6 Å². The second kappa shape index (κ2) is 11.2. The summed E-state index contributed by atoms with van der Waals surface area (Å²) in [6.45, 7) is -0.271. The number of aliphatic carboxylic acids is 1. The second-order valence-electron chi connectivity index (χ2n) is 5.82. The number of aliphatic hydroxyl groups is 1. The Morgan fingerprint density at radius 1 is 1.19 bits per heavy atom. The molecule has 0 saturated carbocycles. The fourth-order valence-corrected chi connectivity index (χ4v) is 2.22. The van der Waals surface area contributed by atoms with E-state index in [0.29, 0.717) is 25.1 Å². The molecule has 11 heteroatoms. The Labute approximate surface area is 150 Å². The molecule has 0 aliphatic rings. The van der Waals surface area contributed by atoms with Gasteiger partial charge in [-0.2, -0.15) is 0 Å². The number of imidazole rings is 1. The third-order valence-corrected chi connectivity index (χ3v) is 3.71. The van der Waals surface area contributed by atoms with E-state index in [2.05, 4.69) is 20.6 Å². The van der Waals surface area contributed by atoms with E-state index in [1.54, 1.807) is 0 Å². The van der Waals surface area contributed by atoms with Crippen LogP contribution in [0.4, 0.5) is 0 Å². The monoisotopic (exact) mass is 370 g/mol. The highest BCUT2D eigenvalue weighted by molar-refractivity contribution is 5.91. The van der Waals surface area contributed by atoms with Crippen molar-refractivity contribution in [1.82, 2.24) is 20.6 Å². The Morgan fingerprint density at radius 3 is 2.42 bits per heavy atom. The zero-order valence-electron chi connectivity index (χ0n) is 14.4. The summed E-state index contributed by atoms with van der Waals surface area (Å²) in [6.07, 6.45) is 4.48. The van der Waals surface area contributed by atoms with Crippen molar-refractivity contribution in [2.75, 3.05) is 13.2 Å². The molecule has 2 amide bonds. The predicted octanol–water partition coefficient (Wildman–Crippen LogP) is -2.54. The Hall–Kier alpha value is -2.50. The molecule has 1 heterocycles. The Balaban J connectivity index is 2.57. The normalized spacial score (nSPS) is 14.3. The molecule has 0 saturated heterocycles. The van der Waals surface area contributed by atoms with Crippen LogP contribution in [0, 0.1) is 0 Å². The van der Waals surface area contributed by atoms with Gasteiger partial charge in [-0.1, -0.05) is 0 Å². The van der Waals surface area contributed by atoms with Gasteiger partial charge in [-0.15, -0.1) is 0 Å². The van der Waals surface area contributed by atoms with Crippen LogP contribution in [0.3, 0.4) is 0 Å². The van der Waals surface area contributed by atoms with Gasteiger partial charge < -0.3 is 37.3 Å². The minimum absolute atomic E-state index is 0.169. The zero-order valence-corrected chi connectivity index (χ0v) is 14.4. The third-order valence-electron chi connectivity index (χ3n) is 3.71. The Morgan fingerprint density at radius 2 is 1.88 bits per heavy atom. The number of carbonyl (C=O) groups is 3. The van der Waals surface area contributed by atoms with Gasteiger partial charge >= 0.3 is 5.97 Å². The van der Waals surface area contributed by atoms with Crippen molar-refractivity contribution in [2.24, 2.45) is 11.5 Å². The van der Waals surface area contributed by atoms with Gasteiger partial charge in [0.05, 0.1) is 19.0 Å². The minimum Gasteiger partial charge on any atom is -0.480 e. The molecule has 1 rings (SSSR count). The van der Waals surface area contributed by atoms with Crippen LogP contribution in [0.2, 0.25) is 0 Å². The highest BCUT2D eigenvalue weighted by Crippen LogP contribution is 2.02. The lowest BCUT2D eigenvalue weighted by Crippen LogP contribution is -2.56. The van der Waals surface area contributed by atoms with Crippen molar-refractivity contribution >= 4 is 17.8 Å². The van der Waals surface area contributed by atoms with Crippen LogP contribution >= 0.6 is 0 Å². The van der Waals surface area contributed by atoms with Crippen LogP contribution < -0.4 is 22.1 Å². The number of hydrogen-bond acceptors (Lipinski definition) is 7. The van der Waals surface area contributed by atoms with Crippen molar-refractivity contribution in [3.63, 3.8) is 0 Å². The summed E-state index contributed by atoms with van der Waals surface area (Å²) in [7, 11) is 0. The number of carboxylic acids is 1. The van der Waals surface area contributed by atoms with Crippen LogP contribution in [0.15, 0.2) is 12.5 Å². The number of amides is 2. The first-order valence-corrected chi connectivity index (χ1v) is 8.26. The molecule has 1 aromatic heterocycles. The first-order chi connectivity index (χ1) is 12.4. The molecule has 0 aliphatic heterocycles. The number of rotatable bonds is 12. The molecule has 0 radical (unpaired) electrons. The molecule has 0 bridgehead atoms. The van der Waals surface area contributed by atoms with E-state index >= 15 is 0 Å². The molecular weight excluding hydrogens is 344 g/mol. The number of nitrogens with two attached hydrogens (primary N) is 2. The average Bonchev–Trinajstić information content (AvgIpc) is 3.11. The van der Waals surface area contributed by atoms with Gasteiger partial charge in [0.2, 0.25) is 11.8 Å². The first kappa shape index (κ1) is 21.5. The fourth-order valence-electron chi connectivity index (χ4n) is 2.22.